The van der Waals surface area contributed by atoms with Gasteiger partial charge in [0.1, 0.15) is 28.7 Å². The summed E-state index contributed by atoms with van der Waals surface area (Å²) in [6.45, 7) is 6.34. The molecule has 0 spiro atoms. The molecule has 0 aliphatic heterocycles. The van der Waals surface area contributed by atoms with E-state index in [-0.39, 0.29) is 23.1 Å². The second-order valence-corrected chi connectivity index (χ2v) is 6.30. The van der Waals surface area contributed by atoms with Gasteiger partial charge in [-0.25, -0.2) is 4.98 Å². The van der Waals surface area contributed by atoms with Crippen molar-refractivity contribution in [1.82, 2.24) is 9.97 Å². The number of methoxy groups -OCH3 is 2. The lowest BCUT2D eigenvalue weighted by atomic mass is 9.89. The van der Waals surface area contributed by atoms with Gasteiger partial charge < -0.3 is 14.5 Å². The first-order chi connectivity index (χ1) is 12.5. The molecule has 2 unspecified atom stereocenters. The highest BCUT2D eigenvalue weighted by molar-refractivity contribution is 6.12. The Kier molecular flexibility index (Phi) is 6.55. The molecule has 0 aliphatic rings. The van der Waals surface area contributed by atoms with Crippen molar-refractivity contribution in [3.8, 4) is 11.5 Å². The van der Waals surface area contributed by atoms with E-state index in [1.165, 1.54) is 7.11 Å². The number of nitrogens with zero attached hydrogens (tertiary/aromatic N) is 1. The molecule has 0 saturated carbocycles. The van der Waals surface area contributed by atoms with E-state index in [4.69, 9.17) is 9.47 Å². The van der Waals surface area contributed by atoms with Crippen molar-refractivity contribution in [3.63, 3.8) is 0 Å². The Morgan fingerprint density at radius 1 is 1.23 bits per heavy atom. The van der Waals surface area contributed by atoms with E-state index < -0.39 is 0 Å². The number of ketones is 1. The van der Waals surface area contributed by atoms with Gasteiger partial charge in [-0.2, -0.15) is 0 Å². The Morgan fingerprint density at radius 3 is 2.50 bits per heavy atom. The van der Waals surface area contributed by atoms with Gasteiger partial charge in [0.05, 0.1) is 19.8 Å². The van der Waals surface area contributed by atoms with Crippen molar-refractivity contribution in [2.45, 2.75) is 39.5 Å². The largest absolute Gasteiger partial charge is 0.497 e. The quantitative estimate of drug-likeness (QED) is 0.541. The van der Waals surface area contributed by atoms with Crippen LogP contribution in [0.5, 0.6) is 11.5 Å². The Bertz CT molecular complexity index is 782. The SMILES string of the molecule is CCC(C)C(CC)c1nc(C(=O)c2ccc(OC)cc2OC)c(C=O)[nH]1. The summed E-state index contributed by atoms with van der Waals surface area (Å²) >= 11 is 0. The Hall–Kier alpha value is -2.63. The molecule has 26 heavy (non-hydrogen) atoms. The summed E-state index contributed by atoms with van der Waals surface area (Å²) in [5.74, 6) is 1.85. The van der Waals surface area contributed by atoms with Crippen LogP contribution in [0.1, 0.15) is 71.9 Å². The number of hydrogen-bond donors (Lipinski definition) is 1. The van der Waals surface area contributed by atoms with Gasteiger partial charge in [0, 0.05) is 12.0 Å². The fourth-order valence-electron chi connectivity index (χ4n) is 3.10. The van der Waals surface area contributed by atoms with Crippen molar-refractivity contribution >= 4 is 12.1 Å². The first-order valence-electron chi connectivity index (χ1n) is 8.82. The lowest BCUT2D eigenvalue weighted by Gasteiger charge is -2.18. The fraction of sp³-hybridized carbons (Fsp3) is 0.450. The maximum Gasteiger partial charge on any atom is 0.217 e. The summed E-state index contributed by atoms with van der Waals surface area (Å²) in [4.78, 5) is 32.0. The average molecular weight is 358 g/mol. The van der Waals surface area contributed by atoms with Crippen LogP contribution in [-0.2, 0) is 0 Å². The number of aromatic amines is 1. The monoisotopic (exact) mass is 358 g/mol. The first-order valence-corrected chi connectivity index (χ1v) is 8.82. The van der Waals surface area contributed by atoms with Crippen molar-refractivity contribution < 1.29 is 19.1 Å². The molecule has 0 fully saturated rings. The van der Waals surface area contributed by atoms with E-state index in [2.05, 4.69) is 30.7 Å². The van der Waals surface area contributed by atoms with Gasteiger partial charge in [0.15, 0.2) is 6.29 Å². The van der Waals surface area contributed by atoms with Gasteiger partial charge >= 0.3 is 0 Å². The van der Waals surface area contributed by atoms with Crippen LogP contribution in [0.2, 0.25) is 0 Å². The van der Waals surface area contributed by atoms with E-state index in [1.54, 1.807) is 25.3 Å². The van der Waals surface area contributed by atoms with Crippen molar-refractivity contribution in [3.05, 3.63) is 41.0 Å². The average Bonchev–Trinajstić information content (AvgIpc) is 3.11. The minimum absolute atomic E-state index is 0.125. The number of carbonyl (C=O) groups excluding carboxylic acids is 2. The number of H-pyrrole nitrogens is 1. The van der Waals surface area contributed by atoms with Gasteiger partial charge in [-0.3, -0.25) is 9.59 Å². The van der Waals surface area contributed by atoms with Gasteiger partial charge in [-0.1, -0.05) is 27.2 Å². The number of aromatic nitrogens is 2. The topological polar surface area (TPSA) is 81.3 Å². The zero-order chi connectivity index (χ0) is 19.3. The molecule has 140 valence electrons. The molecule has 2 rings (SSSR count). The van der Waals surface area contributed by atoms with Gasteiger partial charge in [0.2, 0.25) is 5.78 Å². The summed E-state index contributed by atoms with van der Waals surface area (Å²) in [6, 6.07) is 4.93. The summed E-state index contributed by atoms with van der Waals surface area (Å²) in [6.07, 6.45) is 2.51. The van der Waals surface area contributed by atoms with E-state index >= 15 is 0 Å². The van der Waals surface area contributed by atoms with Crippen LogP contribution in [0.4, 0.5) is 0 Å². The van der Waals surface area contributed by atoms with Crippen molar-refractivity contribution in [1.29, 1.82) is 0 Å². The molecular formula is C20H26N2O4. The lowest BCUT2D eigenvalue weighted by Crippen LogP contribution is -2.11. The molecular weight excluding hydrogens is 332 g/mol. The molecule has 0 bridgehead atoms. The number of carbonyl (C=O) groups is 2. The Labute approximate surface area is 153 Å². The van der Waals surface area contributed by atoms with Crippen LogP contribution in [0.25, 0.3) is 0 Å². The second kappa shape index (κ2) is 8.65. The molecule has 0 saturated heterocycles. The molecule has 0 radical (unpaired) electrons. The fourth-order valence-corrected chi connectivity index (χ4v) is 3.10. The van der Waals surface area contributed by atoms with Crippen LogP contribution >= 0.6 is 0 Å². The normalized spacial score (nSPS) is 13.1. The Morgan fingerprint density at radius 2 is 1.96 bits per heavy atom. The summed E-state index contributed by atoms with van der Waals surface area (Å²) in [7, 11) is 3.03. The van der Waals surface area contributed by atoms with Crippen LogP contribution in [0.3, 0.4) is 0 Å². The van der Waals surface area contributed by atoms with E-state index in [9.17, 15) is 9.59 Å². The molecule has 1 N–H and O–H groups in total. The van der Waals surface area contributed by atoms with Crippen LogP contribution in [-0.4, -0.2) is 36.3 Å². The molecule has 1 aromatic heterocycles. The molecule has 6 nitrogen and oxygen atoms in total. The highest BCUT2D eigenvalue weighted by atomic mass is 16.5. The molecule has 1 aromatic carbocycles. The number of aldehydes is 1. The lowest BCUT2D eigenvalue weighted by molar-refractivity contribution is 0.102. The summed E-state index contributed by atoms with van der Waals surface area (Å²) in [5.41, 5.74) is 0.663. The third-order valence-electron chi connectivity index (χ3n) is 4.86. The molecule has 2 aromatic rings. The summed E-state index contributed by atoms with van der Waals surface area (Å²) < 4.78 is 10.5. The van der Waals surface area contributed by atoms with E-state index in [1.807, 2.05) is 0 Å². The number of nitrogens with one attached hydrogen (secondary N) is 1. The highest BCUT2D eigenvalue weighted by Crippen LogP contribution is 2.31. The third kappa shape index (κ3) is 3.79. The minimum Gasteiger partial charge on any atom is -0.497 e. The minimum atomic E-state index is -0.354. The number of ether oxygens (including phenoxy) is 2. The smallest absolute Gasteiger partial charge is 0.217 e. The highest BCUT2D eigenvalue weighted by Gasteiger charge is 2.26. The number of imidazole rings is 1. The second-order valence-electron chi connectivity index (χ2n) is 6.30. The van der Waals surface area contributed by atoms with Gasteiger partial charge in [-0.05, 0) is 24.5 Å². The van der Waals surface area contributed by atoms with Gasteiger partial charge in [-0.15, -0.1) is 0 Å². The van der Waals surface area contributed by atoms with Crippen LogP contribution in [0.15, 0.2) is 18.2 Å². The molecule has 6 heteroatoms. The molecule has 1 heterocycles. The van der Waals surface area contributed by atoms with E-state index in [0.717, 1.165) is 12.8 Å². The summed E-state index contributed by atoms with van der Waals surface area (Å²) in [5, 5.41) is 0. The number of rotatable bonds is 9. The molecule has 0 aliphatic carbocycles. The van der Waals surface area contributed by atoms with Crippen LogP contribution < -0.4 is 9.47 Å². The predicted octanol–water partition coefficient (Wildman–Crippen LogP) is 4.01. The van der Waals surface area contributed by atoms with E-state index in [0.29, 0.717) is 35.1 Å². The predicted molar refractivity (Wildman–Crippen MR) is 99.4 cm³/mol. The maximum absolute atomic E-state index is 13.0. The zero-order valence-electron chi connectivity index (χ0n) is 16.0. The zero-order valence-corrected chi connectivity index (χ0v) is 16.0. The standard InChI is InChI=1S/C20H26N2O4/c1-6-12(3)14(7-2)20-21-16(11-23)18(22-20)19(24)15-9-8-13(25-4)10-17(15)26-5/h8-12,14H,6-7H2,1-5H3,(H,21,22). The molecule has 0 amide bonds. The van der Waals surface area contributed by atoms with Crippen molar-refractivity contribution in [2.75, 3.05) is 14.2 Å². The number of benzene rings is 1. The number of hydrogen-bond acceptors (Lipinski definition) is 5. The van der Waals surface area contributed by atoms with Crippen LogP contribution in [0, 0.1) is 5.92 Å². The Balaban J connectivity index is 2.48. The maximum atomic E-state index is 13.0. The van der Waals surface area contributed by atoms with Crippen molar-refractivity contribution in [2.24, 2.45) is 5.92 Å². The third-order valence-corrected chi connectivity index (χ3v) is 4.86. The molecule has 2 atom stereocenters. The first kappa shape index (κ1) is 19.7. The van der Waals surface area contributed by atoms with Gasteiger partial charge in [0.25, 0.3) is 0 Å².